The predicted octanol–water partition coefficient (Wildman–Crippen LogP) is 1.87. The molecule has 0 amide bonds. The van der Waals surface area contributed by atoms with E-state index >= 15 is 0 Å². The van der Waals surface area contributed by atoms with Crippen LogP contribution in [0.3, 0.4) is 0 Å². The molecule has 0 aliphatic rings. The van der Waals surface area contributed by atoms with Crippen LogP contribution in [0.4, 0.5) is 8.78 Å². The van der Waals surface area contributed by atoms with Crippen molar-refractivity contribution >= 4 is 21.9 Å². The molecule has 16 heavy (non-hydrogen) atoms. The lowest BCUT2D eigenvalue weighted by molar-refractivity contribution is -0.136. The summed E-state index contributed by atoms with van der Waals surface area (Å²) in [5, 5.41) is 8.64. The molecule has 1 aromatic rings. The number of alkyl halides is 2. The fourth-order valence-corrected chi connectivity index (χ4v) is 1.81. The van der Waals surface area contributed by atoms with Crippen LogP contribution in [0.25, 0.3) is 0 Å². The molecular weight excluding hydrogens is 286 g/mol. The fourth-order valence-electron chi connectivity index (χ4n) is 1.35. The maximum atomic E-state index is 12.6. The number of carboxylic acid groups (broad SMARTS) is 1. The highest BCUT2D eigenvalue weighted by Crippen LogP contribution is 2.26. The van der Waals surface area contributed by atoms with E-state index in [0.29, 0.717) is 0 Å². The van der Waals surface area contributed by atoms with Gasteiger partial charge in [0.05, 0.1) is 6.42 Å². The van der Waals surface area contributed by atoms with E-state index in [4.69, 9.17) is 10.8 Å². The van der Waals surface area contributed by atoms with Crippen molar-refractivity contribution in [2.75, 3.05) is 0 Å². The van der Waals surface area contributed by atoms with Gasteiger partial charge >= 0.3 is 5.97 Å². The minimum atomic E-state index is -2.77. The molecule has 4 nitrogen and oxygen atoms in total. The highest BCUT2D eigenvalue weighted by molar-refractivity contribution is 9.10. The van der Waals surface area contributed by atoms with E-state index in [9.17, 15) is 13.6 Å². The Hall–Kier alpha value is -1.08. The molecular formula is C9H9BrF2N2O2. The highest BCUT2D eigenvalue weighted by Gasteiger charge is 2.19. The number of hydrogen-bond acceptors (Lipinski definition) is 3. The Morgan fingerprint density at radius 2 is 2.25 bits per heavy atom. The van der Waals surface area contributed by atoms with Gasteiger partial charge in [0, 0.05) is 6.54 Å². The van der Waals surface area contributed by atoms with Gasteiger partial charge in [-0.25, -0.2) is 13.8 Å². The van der Waals surface area contributed by atoms with Crippen LogP contribution < -0.4 is 5.73 Å². The third-order valence-electron chi connectivity index (χ3n) is 1.97. The van der Waals surface area contributed by atoms with Crippen molar-refractivity contribution in [1.82, 2.24) is 4.98 Å². The summed E-state index contributed by atoms with van der Waals surface area (Å²) in [4.78, 5) is 14.2. The molecule has 0 fully saturated rings. The molecule has 7 heteroatoms. The van der Waals surface area contributed by atoms with Crippen molar-refractivity contribution in [2.45, 2.75) is 19.4 Å². The lowest BCUT2D eigenvalue weighted by Crippen LogP contribution is -2.12. The minimum absolute atomic E-state index is 0.0978. The molecule has 3 N–H and O–H groups in total. The molecule has 0 saturated carbocycles. The Bertz CT molecular complexity index is 413. The largest absolute Gasteiger partial charge is 0.481 e. The Balaban J connectivity index is 3.29. The summed E-state index contributed by atoms with van der Waals surface area (Å²) in [7, 11) is 0. The Morgan fingerprint density at radius 3 is 2.69 bits per heavy atom. The van der Waals surface area contributed by atoms with Gasteiger partial charge in [-0.2, -0.15) is 0 Å². The molecule has 0 radical (unpaired) electrons. The number of nitrogens with zero attached hydrogens (tertiary/aromatic N) is 1. The summed E-state index contributed by atoms with van der Waals surface area (Å²) in [5.41, 5.74) is 5.22. The maximum Gasteiger partial charge on any atom is 0.307 e. The van der Waals surface area contributed by atoms with E-state index in [1.54, 1.807) is 0 Å². The first-order valence-corrected chi connectivity index (χ1v) is 5.13. The number of hydrogen-bond donors (Lipinski definition) is 2. The highest BCUT2D eigenvalue weighted by atomic mass is 79.9. The second-order valence-corrected chi connectivity index (χ2v) is 3.86. The van der Waals surface area contributed by atoms with Crippen molar-refractivity contribution in [3.05, 3.63) is 27.5 Å². The number of nitrogens with two attached hydrogens (primary N) is 1. The predicted molar refractivity (Wildman–Crippen MR) is 56.1 cm³/mol. The van der Waals surface area contributed by atoms with Gasteiger partial charge in [-0.05, 0) is 33.1 Å². The number of pyridine rings is 1. The van der Waals surface area contributed by atoms with Gasteiger partial charge in [0.2, 0.25) is 0 Å². The summed E-state index contributed by atoms with van der Waals surface area (Å²) in [6, 6.07) is 1.39. The number of carbonyl (C=O) groups is 1. The number of aromatic nitrogens is 1. The second-order valence-electron chi connectivity index (χ2n) is 3.04. The zero-order valence-corrected chi connectivity index (χ0v) is 9.67. The van der Waals surface area contributed by atoms with Crippen LogP contribution >= 0.6 is 15.9 Å². The van der Waals surface area contributed by atoms with Crippen molar-refractivity contribution in [1.29, 1.82) is 0 Å². The third-order valence-corrected chi connectivity index (χ3v) is 2.38. The van der Waals surface area contributed by atoms with Crippen molar-refractivity contribution in [3.63, 3.8) is 0 Å². The van der Waals surface area contributed by atoms with Gasteiger partial charge in [-0.15, -0.1) is 0 Å². The monoisotopic (exact) mass is 294 g/mol. The summed E-state index contributed by atoms with van der Waals surface area (Å²) in [6.07, 6.45) is -3.13. The molecule has 0 aliphatic carbocycles. The van der Waals surface area contributed by atoms with Crippen LogP contribution in [-0.4, -0.2) is 16.1 Å². The second kappa shape index (κ2) is 5.31. The first-order chi connectivity index (χ1) is 7.45. The molecule has 0 spiro atoms. The van der Waals surface area contributed by atoms with Crippen LogP contribution in [0, 0.1) is 0 Å². The van der Waals surface area contributed by atoms with Crippen LogP contribution in [-0.2, 0) is 17.8 Å². The average molecular weight is 295 g/mol. The van der Waals surface area contributed by atoms with Crippen LogP contribution in [0.5, 0.6) is 0 Å². The molecule has 1 heterocycles. The van der Waals surface area contributed by atoms with Crippen molar-refractivity contribution < 1.29 is 18.7 Å². The molecule has 0 aliphatic heterocycles. The number of carboxylic acids is 1. The normalized spacial score (nSPS) is 10.8. The maximum absolute atomic E-state index is 12.6. The number of rotatable bonds is 4. The first-order valence-electron chi connectivity index (χ1n) is 4.34. The smallest absolute Gasteiger partial charge is 0.307 e. The quantitative estimate of drug-likeness (QED) is 0.831. The minimum Gasteiger partial charge on any atom is -0.481 e. The van der Waals surface area contributed by atoms with Gasteiger partial charge in [0.15, 0.2) is 0 Å². The van der Waals surface area contributed by atoms with E-state index in [2.05, 4.69) is 20.9 Å². The van der Waals surface area contributed by atoms with Gasteiger partial charge in [0.1, 0.15) is 10.3 Å². The Labute approximate surface area is 98.6 Å². The summed E-state index contributed by atoms with van der Waals surface area (Å²) in [5.74, 6) is -1.10. The van der Waals surface area contributed by atoms with Gasteiger partial charge < -0.3 is 10.8 Å². The lowest BCUT2D eigenvalue weighted by atomic mass is 10.0. The van der Waals surface area contributed by atoms with Gasteiger partial charge in [-0.1, -0.05) is 0 Å². The van der Waals surface area contributed by atoms with Gasteiger partial charge in [-0.3, -0.25) is 4.79 Å². The molecule has 0 bridgehead atoms. The first kappa shape index (κ1) is 13.0. The van der Waals surface area contributed by atoms with Crippen LogP contribution in [0.1, 0.15) is 23.2 Å². The Morgan fingerprint density at radius 1 is 1.62 bits per heavy atom. The molecule has 0 atom stereocenters. The molecule has 88 valence electrons. The van der Waals surface area contributed by atoms with Crippen molar-refractivity contribution in [3.8, 4) is 0 Å². The number of halogens is 3. The molecule has 1 aromatic heterocycles. The van der Waals surface area contributed by atoms with E-state index in [-0.39, 0.29) is 28.7 Å². The molecule has 0 saturated heterocycles. The van der Waals surface area contributed by atoms with Crippen LogP contribution in [0.15, 0.2) is 10.7 Å². The van der Waals surface area contributed by atoms with Crippen molar-refractivity contribution in [2.24, 2.45) is 5.73 Å². The van der Waals surface area contributed by atoms with E-state index in [1.807, 2.05) is 0 Å². The SMILES string of the molecule is NCc1c(CC(=O)O)cc(Br)nc1C(F)F. The lowest BCUT2D eigenvalue weighted by Gasteiger charge is -2.11. The molecule has 0 aromatic carbocycles. The molecule has 0 unspecified atom stereocenters. The fraction of sp³-hybridized carbons (Fsp3) is 0.333. The molecule has 1 rings (SSSR count). The van der Waals surface area contributed by atoms with Gasteiger partial charge in [0.25, 0.3) is 6.43 Å². The summed E-state index contributed by atoms with van der Waals surface area (Å²) in [6.45, 7) is -0.164. The standard InChI is InChI=1S/C9H9BrF2N2O2/c10-6-1-4(2-7(15)16)5(3-13)8(14-6)9(11)12/h1,9H,2-3,13H2,(H,15,16). The summed E-state index contributed by atoms with van der Waals surface area (Å²) < 4.78 is 25.4. The zero-order valence-electron chi connectivity index (χ0n) is 8.08. The zero-order chi connectivity index (χ0) is 12.3. The van der Waals surface area contributed by atoms with Crippen LogP contribution in [0.2, 0.25) is 0 Å². The summed E-state index contributed by atoms with van der Waals surface area (Å²) >= 11 is 2.96. The van der Waals surface area contributed by atoms with E-state index in [0.717, 1.165) is 0 Å². The van der Waals surface area contributed by atoms with E-state index < -0.39 is 18.1 Å². The topological polar surface area (TPSA) is 76.2 Å². The Kier molecular flexibility index (Phi) is 4.31. The third kappa shape index (κ3) is 2.96. The average Bonchev–Trinajstić information content (AvgIpc) is 2.15. The number of aliphatic carboxylic acids is 1. The van der Waals surface area contributed by atoms with E-state index in [1.165, 1.54) is 6.07 Å².